The Hall–Kier alpha value is -2.75. The zero-order chi connectivity index (χ0) is 15.5. The fourth-order valence-electron chi connectivity index (χ4n) is 2.54. The van der Waals surface area contributed by atoms with E-state index in [-0.39, 0.29) is 5.56 Å². The van der Waals surface area contributed by atoms with E-state index in [1.165, 1.54) is 0 Å². The summed E-state index contributed by atoms with van der Waals surface area (Å²) in [5, 5.41) is 4.29. The molecule has 0 amide bonds. The predicted molar refractivity (Wildman–Crippen MR) is 89.6 cm³/mol. The summed E-state index contributed by atoms with van der Waals surface area (Å²) in [4.78, 5) is 15.2. The molecule has 4 heteroatoms. The first-order valence-electron chi connectivity index (χ1n) is 7.17. The number of para-hydroxylation sites is 3. The van der Waals surface area contributed by atoms with Crippen molar-refractivity contribution in [1.82, 2.24) is 4.98 Å². The lowest BCUT2D eigenvalue weighted by Crippen LogP contribution is -2.16. The van der Waals surface area contributed by atoms with Crippen molar-refractivity contribution in [2.24, 2.45) is 0 Å². The SMILES string of the molecule is COc1ccccc1NCc1cc2cccc(C)c2[nH]c1=O. The first kappa shape index (κ1) is 14.2. The number of H-pyrrole nitrogens is 1. The number of benzene rings is 2. The molecule has 22 heavy (non-hydrogen) atoms. The Bertz CT molecular complexity index is 868. The largest absolute Gasteiger partial charge is 0.495 e. The number of anilines is 1. The van der Waals surface area contributed by atoms with Crippen molar-refractivity contribution < 1.29 is 4.74 Å². The summed E-state index contributed by atoms with van der Waals surface area (Å²) < 4.78 is 5.30. The summed E-state index contributed by atoms with van der Waals surface area (Å²) in [6.45, 7) is 2.44. The van der Waals surface area contributed by atoms with E-state index in [1.54, 1.807) is 7.11 Å². The second-order valence-corrected chi connectivity index (χ2v) is 5.22. The lowest BCUT2D eigenvalue weighted by Gasteiger charge is -2.11. The van der Waals surface area contributed by atoms with E-state index in [0.29, 0.717) is 12.1 Å². The van der Waals surface area contributed by atoms with Crippen LogP contribution in [0.1, 0.15) is 11.1 Å². The molecule has 0 radical (unpaired) electrons. The van der Waals surface area contributed by atoms with Gasteiger partial charge in [-0.15, -0.1) is 0 Å². The van der Waals surface area contributed by atoms with Crippen molar-refractivity contribution in [3.8, 4) is 5.75 Å². The highest BCUT2D eigenvalue weighted by molar-refractivity contribution is 5.82. The van der Waals surface area contributed by atoms with Crippen LogP contribution in [0.15, 0.2) is 53.3 Å². The number of methoxy groups -OCH3 is 1. The quantitative estimate of drug-likeness (QED) is 0.775. The number of fused-ring (bicyclic) bond motifs is 1. The third kappa shape index (κ3) is 2.68. The molecular formula is C18H18N2O2. The van der Waals surface area contributed by atoms with Gasteiger partial charge in [0, 0.05) is 12.1 Å². The van der Waals surface area contributed by atoms with Gasteiger partial charge in [0.15, 0.2) is 0 Å². The molecule has 2 N–H and O–H groups in total. The Morgan fingerprint density at radius 1 is 1.14 bits per heavy atom. The molecule has 0 spiro atoms. The van der Waals surface area contributed by atoms with Gasteiger partial charge in [0.1, 0.15) is 5.75 Å². The smallest absolute Gasteiger partial charge is 0.253 e. The molecule has 0 saturated carbocycles. The van der Waals surface area contributed by atoms with E-state index in [1.807, 2.05) is 55.5 Å². The average molecular weight is 294 g/mol. The lowest BCUT2D eigenvalue weighted by molar-refractivity contribution is 0.416. The zero-order valence-corrected chi connectivity index (χ0v) is 12.6. The van der Waals surface area contributed by atoms with Crippen molar-refractivity contribution in [2.45, 2.75) is 13.5 Å². The van der Waals surface area contributed by atoms with E-state index in [0.717, 1.165) is 27.9 Å². The summed E-state index contributed by atoms with van der Waals surface area (Å²) >= 11 is 0. The van der Waals surface area contributed by atoms with E-state index in [2.05, 4.69) is 10.3 Å². The topological polar surface area (TPSA) is 54.1 Å². The Balaban J connectivity index is 1.91. The van der Waals surface area contributed by atoms with Crippen molar-refractivity contribution in [2.75, 3.05) is 12.4 Å². The Morgan fingerprint density at radius 3 is 2.77 bits per heavy atom. The third-order valence-electron chi connectivity index (χ3n) is 3.74. The highest BCUT2D eigenvalue weighted by Gasteiger charge is 2.06. The van der Waals surface area contributed by atoms with Crippen molar-refractivity contribution in [3.63, 3.8) is 0 Å². The summed E-state index contributed by atoms with van der Waals surface area (Å²) in [5.74, 6) is 0.760. The standard InChI is InChI=1S/C18H18N2O2/c1-12-6-5-7-13-10-14(18(21)20-17(12)13)11-19-15-8-3-4-9-16(15)22-2/h3-10,19H,11H2,1-2H3,(H,20,21). The monoisotopic (exact) mass is 294 g/mol. The van der Waals surface area contributed by atoms with Gasteiger partial charge >= 0.3 is 0 Å². The maximum atomic E-state index is 12.2. The van der Waals surface area contributed by atoms with E-state index < -0.39 is 0 Å². The van der Waals surface area contributed by atoms with Gasteiger partial charge in [-0.1, -0.05) is 30.3 Å². The molecule has 2 aromatic carbocycles. The minimum Gasteiger partial charge on any atom is -0.495 e. The molecule has 3 rings (SSSR count). The van der Waals surface area contributed by atoms with Crippen LogP contribution in [0.4, 0.5) is 5.69 Å². The highest BCUT2D eigenvalue weighted by atomic mass is 16.5. The molecule has 0 aliphatic heterocycles. The van der Waals surface area contributed by atoms with E-state index >= 15 is 0 Å². The second-order valence-electron chi connectivity index (χ2n) is 5.22. The van der Waals surface area contributed by atoms with Crippen molar-refractivity contribution in [1.29, 1.82) is 0 Å². The second kappa shape index (κ2) is 5.93. The number of pyridine rings is 1. The van der Waals surface area contributed by atoms with Crippen molar-refractivity contribution in [3.05, 3.63) is 70.0 Å². The van der Waals surface area contributed by atoms with Gasteiger partial charge in [-0.05, 0) is 36.1 Å². The maximum absolute atomic E-state index is 12.2. The van der Waals surface area contributed by atoms with Gasteiger partial charge in [-0.3, -0.25) is 4.79 Å². The van der Waals surface area contributed by atoms with Crippen LogP contribution in [0.5, 0.6) is 5.75 Å². The lowest BCUT2D eigenvalue weighted by atomic mass is 10.1. The molecule has 0 aliphatic carbocycles. The minimum absolute atomic E-state index is 0.0656. The molecular weight excluding hydrogens is 276 g/mol. The Kier molecular flexibility index (Phi) is 3.83. The molecule has 0 unspecified atom stereocenters. The molecule has 4 nitrogen and oxygen atoms in total. The summed E-state index contributed by atoms with van der Waals surface area (Å²) in [5.41, 5.74) is 3.47. The van der Waals surface area contributed by atoms with Crippen LogP contribution in [0, 0.1) is 6.92 Å². The van der Waals surface area contributed by atoms with Gasteiger partial charge in [-0.2, -0.15) is 0 Å². The van der Waals surface area contributed by atoms with Crippen LogP contribution < -0.4 is 15.6 Å². The molecule has 0 fully saturated rings. The van der Waals surface area contributed by atoms with Crippen LogP contribution in [0.25, 0.3) is 10.9 Å². The molecule has 3 aromatic rings. The molecule has 0 bridgehead atoms. The van der Waals surface area contributed by atoms with Crippen LogP contribution >= 0.6 is 0 Å². The van der Waals surface area contributed by atoms with E-state index in [4.69, 9.17) is 4.74 Å². The number of aromatic nitrogens is 1. The van der Waals surface area contributed by atoms with Gasteiger partial charge in [0.2, 0.25) is 0 Å². The van der Waals surface area contributed by atoms with Crippen molar-refractivity contribution >= 4 is 16.6 Å². The van der Waals surface area contributed by atoms with Gasteiger partial charge < -0.3 is 15.0 Å². The fourth-order valence-corrected chi connectivity index (χ4v) is 2.54. The average Bonchev–Trinajstić information content (AvgIpc) is 2.54. The number of aromatic amines is 1. The van der Waals surface area contributed by atoms with Gasteiger partial charge in [0.25, 0.3) is 5.56 Å². The first-order valence-corrected chi connectivity index (χ1v) is 7.17. The summed E-state index contributed by atoms with van der Waals surface area (Å²) in [7, 11) is 1.63. The maximum Gasteiger partial charge on any atom is 0.253 e. The molecule has 0 saturated heterocycles. The van der Waals surface area contributed by atoms with Crippen LogP contribution in [-0.4, -0.2) is 12.1 Å². The van der Waals surface area contributed by atoms with Gasteiger partial charge in [-0.25, -0.2) is 0 Å². The molecule has 1 aromatic heterocycles. The number of hydrogen-bond donors (Lipinski definition) is 2. The first-order chi connectivity index (χ1) is 10.7. The van der Waals surface area contributed by atoms with Gasteiger partial charge in [0.05, 0.1) is 18.3 Å². The molecule has 1 heterocycles. The summed E-state index contributed by atoms with van der Waals surface area (Å²) in [6, 6.07) is 15.6. The number of ether oxygens (including phenoxy) is 1. The van der Waals surface area contributed by atoms with Crippen LogP contribution in [0.2, 0.25) is 0 Å². The highest BCUT2D eigenvalue weighted by Crippen LogP contribution is 2.23. The molecule has 0 aliphatic rings. The van der Waals surface area contributed by atoms with E-state index in [9.17, 15) is 4.79 Å². The Morgan fingerprint density at radius 2 is 1.95 bits per heavy atom. The number of rotatable bonds is 4. The molecule has 0 atom stereocenters. The van der Waals surface area contributed by atoms with Crippen LogP contribution in [-0.2, 0) is 6.54 Å². The predicted octanol–water partition coefficient (Wildman–Crippen LogP) is 3.46. The number of hydrogen-bond acceptors (Lipinski definition) is 3. The minimum atomic E-state index is -0.0656. The summed E-state index contributed by atoms with van der Waals surface area (Å²) in [6.07, 6.45) is 0. The van der Waals surface area contributed by atoms with Crippen LogP contribution in [0.3, 0.4) is 0 Å². The third-order valence-corrected chi connectivity index (χ3v) is 3.74. The normalized spacial score (nSPS) is 10.6. The number of aryl methyl sites for hydroxylation is 1. The number of nitrogens with one attached hydrogen (secondary N) is 2. The zero-order valence-electron chi connectivity index (χ0n) is 12.6. The fraction of sp³-hybridized carbons (Fsp3) is 0.167. The molecule has 112 valence electrons. The Labute approximate surface area is 128 Å².